The lowest BCUT2D eigenvalue weighted by atomic mass is 10.0. The Bertz CT molecular complexity index is 577. The van der Waals surface area contributed by atoms with Crippen molar-refractivity contribution in [1.82, 2.24) is 0 Å². The van der Waals surface area contributed by atoms with Gasteiger partial charge < -0.3 is 19.7 Å². The van der Waals surface area contributed by atoms with Gasteiger partial charge in [0.15, 0.2) is 5.78 Å². The third-order valence-electron chi connectivity index (χ3n) is 4.24. The highest BCUT2D eigenvalue weighted by Gasteiger charge is 2.29. The van der Waals surface area contributed by atoms with Gasteiger partial charge in [-0.2, -0.15) is 0 Å². The van der Waals surface area contributed by atoms with Gasteiger partial charge in [-0.15, -0.1) is 0 Å². The van der Waals surface area contributed by atoms with E-state index in [9.17, 15) is 24.6 Å². The van der Waals surface area contributed by atoms with Crippen LogP contribution in [0.15, 0.2) is 23.3 Å². The van der Waals surface area contributed by atoms with E-state index in [0.29, 0.717) is 43.4 Å². The van der Waals surface area contributed by atoms with Crippen LogP contribution < -0.4 is 0 Å². The number of ether oxygens (including phenoxy) is 2. The summed E-state index contributed by atoms with van der Waals surface area (Å²) in [5, 5.41) is 20.1. The number of aliphatic hydroxyl groups excluding tert-OH is 2. The van der Waals surface area contributed by atoms with E-state index >= 15 is 0 Å². The molecule has 1 aliphatic rings. The van der Waals surface area contributed by atoms with Crippen LogP contribution in [0.4, 0.5) is 0 Å². The van der Waals surface area contributed by atoms with Crippen molar-refractivity contribution in [1.29, 1.82) is 0 Å². The zero-order valence-electron chi connectivity index (χ0n) is 16.1. The summed E-state index contributed by atoms with van der Waals surface area (Å²) in [6.45, 7) is 4.11. The normalized spacial score (nSPS) is 18.2. The number of rotatable bonds is 12. The van der Waals surface area contributed by atoms with E-state index < -0.39 is 12.2 Å². The van der Waals surface area contributed by atoms with Gasteiger partial charge in [-0.3, -0.25) is 14.4 Å². The van der Waals surface area contributed by atoms with Crippen LogP contribution in [0.25, 0.3) is 0 Å². The Kier molecular flexibility index (Phi) is 10.6. The molecule has 0 aromatic rings. The monoisotopic (exact) mass is 382 g/mol. The summed E-state index contributed by atoms with van der Waals surface area (Å²) < 4.78 is 9.70. The Morgan fingerprint density at radius 3 is 2.41 bits per heavy atom. The number of ketones is 1. The number of hydrogen-bond donors (Lipinski definition) is 2. The molecule has 1 rings (SSSR count). The van der Waals surface area contributed by atoms with Gasteiger partial charge in [0.25, 0.3) is 0 Å². The molecule has 152 valence electrons. The van der Waals surface area contributed by atoms with Crippen LogP contribution in [-0.4, -0.2) is 53.4 Å². The van der Waals surface area contributed by atoms with Crippen molar-refractivity contribution in [3.05, 3.63) is 23.3 Å². The van der Waals surface area contributed by atoms with Crippen LogP contribution in [0.2, 0.25) is 0 Å². The molecule has 1 aliphatic carbocycles. The smallest absolute Gasteiger partial charge is 0.306 e. The number of esters is 2. The first kappa shape index (κ1) is 23.0. The molecular weight excluding hydrogens is 352 g/mol. The molecule has 0 spiro atoms. The molecule has 0 amide bonds. The van der Waals surface area contributed by atoms with E-state index in [0.717, 1.165) is 0 Å². The highest BCUT2D eigenvalue weighted by atomic mass is 16.5. The first-order valence-electron chi connectivity index (χ1n) is 9.50. The van der Waals surface area contributed by atoms with Crippen LogP contribution in [0.5, 0.6) is 0 Å². The minimum atomic E-state index is -0.915. The van der Waals surface area contributed by atoms with Gasteiger partial charge in [-0.05, 0) is 45.1 Å². The second kappa shape index (κ2) is 12.4. The summed E-state index contributed by atoms with van der Waals surface area (Å²) in [6.07, 6.45) is 3.78. The number of carbonyl (C=O) groups excluding carboxylic acids is 3. The predicted molar refractivity (Wildman–Crippen MR) is 98.8 cm³/mol. The fraction of sp³-hybridized carbons (Fsp3) is 0.650. The molecule has 2 N–H and O–H groups in total. The van der Waals surface area contributed by atoms with Gasteiger partial charge in [0.2, 0.25) is 0 Å². The van der Waals surface area contributed by atoms with Gasteiger partial charge in [-0.1, -0.05) is 12.2 Å². The van der Waals surface area contributed by atoms with Crippen molar-refractivity contribution in [2.45, 2.75) is 71.0 Å². The maximum absolute atomic E-state index is 12.0. The summed E-state index contributed by atoms with van der Waals surface area (Å²) >= 11 is 0. The van der Waals surface area contributed by atoms with E-state index in [-0.39, 0.29) is 43.6 Å². The van der Waals surface area contributed by atoms with Gasteiger partial charge >= 0.3 is 11.9 Å². The molecule has 2 atom stereocenters. The van der Waals surface area contributed by atoms with Crippen molar-refractivity contribution in [2.75, 3.05) is 13.2 Å². The average Bonchev–Trinajstić information content (AvgIpc) is 2.88. The number of allylic oxidation sites excluding steroid dienone is 1. The van der Waals surface area contributed by atoms with E-state index in [2.05, 4.69) is 0 Å². The highest BCUT2D eigenvalue weighted by Crippen LogP contribution is 2.28. The average molecular weight is 382 g/mol. The Hall–Kier alpha value is -1.99. The summed E-state index contributed by atoms with van der Waals surface area (Å²) in [6, 6.07) is 0. The molecule has 0 bridgehead atoms. The molecule has 0 aromatic carbocycles. The number of carbonyl (C=O) groups is 3. The fourth-order valence-corrected chi connectivity index (χ4v) is 2.89. The predicted octanol–water partition coefficient (Wildman–Crippen LogP) is 2.00. The molecule has 0 heterocycles. The van der Waals surface area contributed by atoms with E-state index in [4.69, 9.17) is 9.47 Å². The fourth-order valence-electron chi connectivity index (χ4n) is 2.89. The molecule has 0 aromatic heterocycles. The lowest BCUT2D eigenvalue weighted by molar-refractivity contribution is -0.144. The molecule has 0 saturated carbocycles. The standard InChI is InChI=1S/C20H30O7/c1-3-26-19(24)8-6-5-7-14(21)9-10-15-16(18(23)13-17(15)22)11-12-20(25)27-4-2/h9-10,14,17,21-22H,3-8,11-13H2,1-2H3/b10-9+. The van der Waals surface area contributed by atoms with Crippen molar-refractivity contribution < 1.29 is 34.1 Å². The van der Waals surface area contributed by atoms with Gasteiger partial charge in [0.1, 0.15) is 0 Å². The Balaban J connectivity index is 2.54. The summed E-state index contributed by atoms with van der Waals surface area (Å²) in [7, 11) is 0. The minimum absolute atomic E-state index is 0.00648. The van der Waals surface area contributed by atoms with Gasteiger partial charge in [0, 0.05) is 24.8 Å². The van der Waals surface area contributed by atoms with Crippen LogP contribution in [0, 0.1) is 0 Å². The number of unbranched alkanes of at least 4 members (excludes halogenated alkanes) is 1. The van der Waals surface area contributed by atoms with Crippen molar-refractivity contribution in [3.63, 3.8) is 0 Å². The summed E-state index contributed by atoms with van der Waals surface area (Å²) in [5.41, 5.74) is 0.871. The lowest BCUT2D eigenvalue weighted by Gasteiger charge is -2.08. The van der Waals surface area contributed by atoms with E-state index in [1.54, 1.807) is 19.9 Å². The van der Waals surface area contributed by atoms with Crippen LogP contribution in [0.1, 0.15) is 58.8 Å². The SMILES string of the molecule is CCOC(=O)CCCCC(O)/C=C/C1=C(CCC(=O)OCC)C(=O)CC1O. The Morgan fingerprint density at radius 1 is 1.15 bits per heavy atom. The molecule has 2 unspecified atom stereocenters. The van der Waals surface area contributed by atoms with Crippen LogP contribution >= 0.6 is 0 Å². The van der Waals surface area contributed by atoms with Crippen LogP contribution in [-0.2, 0) is 23.9 Å². The minimum Gasteiger partial charge on any atom is -0.466 e. The molecule has 27 heavy (non-hydrogen) atoms. The maximum Gasteiger partial charge on any atom is 0.306 e. The molecule has 0 aliphatic heterocycles. The number of Topliss-reactive ketones (excluding diaryl/α,β-unsaturated/α-hetero) is 1. The molecule has 7 nitrogen and oxygen atoms in total. The lowest BCUT2D eigenvalue weighted by Crippen LogP contribution is -2.07. The zero-order chi connectivity index (χ0) is 20.2. The Morgan fingerprint density at radius 2 is 1.78 bits per heavy atom. The number of hydrogen-bond acceptors (Lipinski definition) is 7. The summed E-state index contributed by atoms with van der Waals surface area (Å²) in [4.78, 5) is 34.8. The third-order valence-corrected chi connectivity index (χ3v) is 4.24. The molecule has 7 heteroatoms. The molecule has 0 saturated heterocycles. The van der Waals surface area contributed by atoms with Crippen molar-refractivity contribution in [2.24, 2.45) is 0 Å². The first-order chi connectivity index (χ1) is 12.9. The molecule has 0 radical (unpaired) electrons. The second-order valence-electron chi connectivity index (χ2n) is 6.36. The molecule has 0 fully saturated rings. The summed E-state index contributed by atoms with van der Waals surface area (Å²) in [5.74, 6) is -0.814. The van der Waals surface area contributed by atoms with E-state index in [1.807, 2.05) is 0 Å². The van der Waals surface area contributed by atoms with E-state index in [1.165, 1.54) is 6.08 Å². The van der Waals surface area contributed by atoms with Crippen molar-refractivity contribution in [3.8, 4) is 0 Å². The van der Waals surface area contributed by atoms with Crippen LogP contribution in [0.3, 0.4) is 0 Å². The van der Waals surface area contributed by atoms with Crippen molar-refractivity contribution >= 4 is 17.7 Å². The Labute approximate surface area is 160 Å². The largest absolute Gasteiger partial charge is 0.466 e. The molecular formula is C20H30O7. The van der Waals surface area contributed by atoms with Gasteiger partial charge in [0.05, 0.1) is 25.4 Å². The van der Waals surface area contributed by atoms with Gasteiger partial charge in [-0.25, -0.2) is 0 Å². The quantitative estimate of drug-likeness (QED) is 0.392. The second-order valence-corrected chi connectivity index (χ2v) is 6.36. The first-order valence-corrected chi connectivity index (χ1v) is 9.50. The topological polar surface area (TPSA) is 110 Å². The zero-order valence-corrected chi connectivity index (χ0v) is 16.1. The third kappa shape index (κ3) is 8.49. The number of aliphatic hydroxyl groups is 2. The highest BCUT2D eigenvalue weighted by molar-refractivity contribution is 6.00. The maximum atomic E-state index is 12.0.